The molecule has 0 spiro atoms. The molecule has 0 atom stereocenters. The summed E-state index contributed by atoms with van der Waals surface area (Å²) in [5.41, 5.74) is 1.18. The van der Waals surface area contributed by atoms with Crippen molar-refractivity contribution in [2.45, 2.75) is 20.0 Å². The lowest BCUT2D eigenvalue weighted by molar-refractivity contribution is 0.00982. The van der Waals surface area contributed by atoms with Crippen molar-refractivity contribution in [3.63, 3.8) is 0 Å². The summed E-state index contributed by atoms with van der Waals surface area (Å²) < 4.78 is 18.2. The van der Waals surface area contributed by atoms with Gasteiger partial charge in [-0.2, -0.15) is 0 Å². The van der Waals surface area contributed by atoms with E-state index in [0.29, 0.717) is 33.0 Å². The number of aryl methyl sites for hydroxylation is 1. The van der Waals surface area contributed by atoms with Gasteiger partial charge in [-0.15, -0.1) is 0 Å². The minimum atomic E-state index is 0.624. The van der Waals surface area contributed by atoms with Crippen LogP contribution in [0.4, 0.5) is 0 Å². The Bertz CT molecular complexity index is 286. The predicted molar refractivity (Wildman–Crippen MR) is 67.0 cm³/mol. The van der Waals surface area contributed by atoms with Crippen molar-refractivity contribution in [3.05, 3.63) is 24.0 Å². The van der Waals surface area contributed by atoms with Crippen LogP contribution in [-0.2, 0) is 27.9 Å². The molecule has 0 amide bonds. The summed E-state index contributed by atoms with van der Waals surface area (Å²) in [5, 5.41) is 0. The summed E-state index contributed by atoms with van der Waals surface area (Å²) in [5.74, 6) is 0. The van der Waals surface area contributed by atoms with Gasteiger partial charge in [-0.25, -0.2) is 0 Å². The van der Waals surface area contributed by atoms with Gasteiger partial charge < -0.3 is 18.8 Å². The molecule has 98 valence electrons. The van der Waals surface area contributed by atoms with Crippen molar-refractivity contribution in [2.75, 3.05) is 33.0 Å². The summed E-state index contributed by atoms with van der Waals surface area (Å²) >= 11 is 0. The van der Waals surface area contributed by atoms with E-state index in [1.807, 2.05) is 19.3 Å². The van der Waals surface area contributed by atoms with Crippen molar-refractivity contribution in [2.24, 2.45) is 7.05 Å². The first-order valence-electron chi connectivity index (χ1n) is 6.18. The maximum atomic E-state index is 5.50. The molecule has 1 rings (SSSR count). The standard InChI is InChI=1S/C13H23NO3/c1-3-7-15-8-9-16-10-11-17-12-13-5-4-6-14(13)2/h4-6H,3,7-12H2,1-2H3. The van der Waals surface area contributed by atoms with E-state index in [0.717, 1.165) is 13.0 Å². The highest BCUT2D eigenvalue weighted by Crippen LogP contribution is 2.00. The van der Waals surface area contributed by atoms with Crippen molar-refractivity contribution in [1.29, 1.82) is 0 Å². The van der Waals surface area contributed by atoms with Gasteiger partial charge in [0.05, 0.1) is 33.0 Å². The van der Waals surface area contributed by atoms with E-state index in [2.05, 4.69) is 17.6 Å². The Morgan fingerprint density at radius 3 is 2.24 bits per heavy atom. The van der Waals surface area contributed by atoms with Crippen molar-refractivity contribution in [3.8, 4) is 0 Å². The monoisotopic (exact) mass is 241 g/mol. The molecule has 4 nitrogen and oxygen atoms in total. The number of nitrogens with zero attached hydrogens (tertiary/aromatic N) is 1. The summed E-state index contributed by atoms with van der Waals surface area (Å²) in [7, 11) is 2.01. The zero-order valence-corrected chi connectivity index (χ0v) is 10.9. The highest BCUT2D eigenvalue weighted by Gasteiger charge is 1.96. The van der Waals surface area contributed by atoms with Crippen LogP contribution in [0, 0.1) is 0 Å². The Morgan fingerprint density at radius 2 is 1.65 bits per heavy atom. The highest BCUT2D eigenvalue weighted by molar-refractivity contribution is 5.04. The number of aromatic nitrogens is 1. The van der Waals surface area contributed by atoms with E-state index >= 15 is 0 Å². The van der Waals surface area contributed by atoms with Gasteiger partial charge in [-0.05, 0) is 18.6 Å². The Hall–Kier alpha value is -0.840. The molecular weight excluding hydrogens is 218 g/mol. The van der Waals surface area contributed by atoms with Gasteiger partial charge in [-0.3, -0.25) is 0 Å². The maximum absolute atomic E-state index is 5.50. The zero-order valence-electron chi connectivity index (χ0n) is 10.9. The smallest absolute Gasteiger partial charge is 0.0868 e. The summed E-state index contributed by atoms with van der Waals surface area (Å²) in [6.45, 7) is 6.11. The molecule has 0 aliphatic carbocycles. The normalized spacial score (nSPS) is 10.9. The first-order chi connectivity index (χ1) is 8.34. The van der Waals surface area contributed by atoms with Crippen molar-refractivity contribution < 1.29 is 14.2 Å². The van der Waals surface area contributed by atoms with E-state index in [1.54, 1.807) is 0 Å². The van der Waals surface area contributed by atoms with Crippen LogP contribution in [0.1, 0.15) is 19.0 Å². The van der Waals surface area contributed by atoms with Crippen LogP contribution in [-0.4, -0.2) is 37.6 Å². The number of ether oxygens (including phenoxy) is 3. The fraction of sp³-hybridized carbons (Fsp3) is 0.692. The largest absolute Gasteiger partial charge is 0.379 e. The second kappa shape index (κ2) is 9.22. The van der Waals surface area contributed by atoms with E-state index in [9.17, 15) is 0 Å². The average Bonchev–Trinajstić information content (AvgIpc) is 2.73. The summed E-state index contributed by atoms with van der Waals surface area (Å²) in [6, 6.07) is 4.07. The van der Waals surface area contributed by atoms with Crippen LogP contribution in [0.3, 0.4) is 0 Å². The SMILES string of the molecule is CCCOCCOCCOCc1cccn1C. The molecule has 0 aliphatic rings. The lowest BCUT2D eigenvalue weighted by Gasteiger charge is -2.07. The molecule has 0 saturated carbocycles. The highest BCUT2D eigenvalue weighted by atomic mass is 16.5. The molecule has 1 heterocycles. The molecule has 0 aliphatic heterocycles. The zero-order chi connectivity index (χ0) is 12.3. The molecule has 0 radical (unpaired) electrons. The molecule has 0 fully saturated rings. The lowest BCUT2D eigenvalue weighted by atomic mass is 10.4. The first kappa shape index (κ1) is 14.2. The second-order valence-electron chi connectivity index (χ2n) is 3.89. The average molecular weight is 241 g/mol. The molecule has 0 N–H and O–H groups in total. The summed E-state index contributed by atoms with van der Waals surface area (Å²) in [6.07, 6.45) is 3.07. The molecule has 1 aromatic rings. The third kappa shape index (κ3) is 6.46. The van der Waals surface area contributed by atoms with Gasteiger partial charge in [0.1, 0.15) is 0 Å². The fourth-order valence-electron chi connectivity index (χ4n) is 1.41. The van der Waals surface area contributed by atoms with E-state index < -0.39 is 0 Å². The molecule has 1 aromatic heterocycles. The van der Waals surface area contributed by atoms with Crippen LogP contribution in [0.15, 0.2) is 18.3 Å². The quantitative estimate of drug-likeness (QED) is 0.587. The maximum Gasteiger partial charge on any atom is 0.0868 e. The number of hydrogen-bond donors (Lipinski definition) is 0. The van der Waals surface area contributed by atoms with Crippen molar-refractivity contribution >= 4 is 0 Å². The molecule has 0 bridgehead atoms. The van der Waals surface area contributed by atoms with Crippen molar-refractivity contribution in [1.82, 2.24) is 4.57 Å². The molecule has 0 saturated heterocycles. The van der Waals surface area contributed by atoms with E-state index in [-0.39, 0.29) is 0 Å². The first-order valence-corrected chi connectivity index (χ1v) is 6.18. The lowest BCUT2D eigenvalue weighted by Crippen LogP contribution is -2.10. The van der Waals surface area contributed by atoms with Gasteiger partial charge in [0.25, 0.3) is 0 Å². The fourth-order valence-corrected chi connectivity index (χ4v) is 1.41. The molecule has 4 heteroatoms. The van der Waals surface area contributed by atoms with Gasteiger partial charge in [0.15, 0.2) is 0 Å². The molecule has 17 heavy (non-hydrogen) atoms. The Kier molecular flexibility index (Phi) is 7.71. The number of rotatable bonds is 10. The Balaban J connectivity index is 1.86. The molecular formula is C13H23NO3. The van der Waals surface area contributed by atoms with Gasteiger partial charge in [-0.1, -0.05) is 6.92 Å². The van der Waals surface area contributed by atoms with Gasteiger partial charge in [0.2, 0.25) is 0 Å². The Morgan fingerprint density at radius 1 is 1.00 bits per heavy atom. The van der Waals surface area contributed by atoms with Gasteiger partial charge in [0, 0.05) is 25.5 Å². The van der Waals surface area contributed by atoms with Gasteiger partial charge >= 0.3 is 0 Å². The molecule has 0 unspecified atom stereocenters. The second-order valence-corrected chi connectivity index (χ2v) is 3.89. The van der Waals surface area contributed by atoms with Crippen LogP contribution in [0.5, 0.6) is 0 Å². The van der Waals surface area contributed by atoms with E-state index in [1.165, 1.54) is 5.69 Å². The number of hydrogen-bond acceptors (Lipinski definition) is 3. The van der Waals surface area contributed by atoms with Crippen LogP contribution in [0.2, 0.25) is 0 Å². The minimum absolute atomic E-state index is 0.624. The summed E-state index contributed by atoms with van der Waals surface area (Å²) in [4.78, 5) is 0. The minimum Gasteiger partial charge on any atom is -0.379 e. The van der Waals surface area contributed by atoms with E-state index in [4.69, 9.17) is 14.2 Å². The predicted octanol–water partition coefficient (Wildman–Crippen LogP) is 1.98. The third-order valence-corrected chi connectivity index (χ3v) is 2.39. The van der Waals surface area contributed by atoms with Crippen LogP contribution < -0.4 is 0 Å². The topological polar surface area (TPSA) is 32.6 Å². The Labute approximate surface area is 103 Å². The van der Waals surface area contributed by atoms with Crippen LogP contribution in [0.25, 0.3) is 0 Å². The molecule has 0 aromatic carbocycles. The third-order valence-electron chi connectivity index (χ3n) is 2.39. The van der Waals surface area contributed by atoms with Crippen LogP contribution >= 0.6 is 0 Å².